The predicted molar refractivity (Wildman–Crippen MR) is 138 cm³/mol. The standard InChI is InChI=1S/C21H16BrCl3N6S/c22-17-12-31(11-14-3-6-16(24)9-18(14)25)29-20(17)27-21(32)26-19-7-8-30(28-19)10-13-1-4-15(23)5-2-13/h1-9,12H,10-11H2,(H2,26,27,28,29,32). The number of anilines is 2. The summed E-state index contributed by atoms with van der Waals surface area (Å²) in [5.41, 5.74) is 2.00. The zero-order valence-electron chi connectivity index (χ0n) is 16.4. The summed E-state index contributed by atoms with van der Waals surface area (Å²) < 4.78 is 4.33. The number of nitrogens with zero attached hydrogens (tertiary/aromatic N) is 4. The molecule has 6 nitrogen and oxygen atoms in total. The average Bonchev–Trinajstić information content (AvgIpc) is 3.31. The summed E-state index contributed by atoms with van der Waals surface area (Å²) in [7, 11) is 0. The Hall–Kier alpha value is -2.10. The maximum Gasteiger partial charge on any atom is 0.177 e. The molecule has 0 atom stereocenters. The number of aromatic nitrogens is 4. The van der Waals surface area contributed by atoms with Crippen LogP contribution in [0.3, 0.4) is 0 Å². The van der Waals surface area contributed by atoms with Gasteiger partial charge in [0.25, 0.3) is 0 Å². The Labute approximate surface area is 213 Å². The summed E-state index contributed by atoms with van der Waals surface area (Å²) in [6.07, 6.45) is 3.72. The lowest BCUT2D eigenvalue weighted by atomic mass is 10.2. The molecule has 0 amide bonds. The Morgan fingerprint density at radius 3 is 2.41 bits per heavy atom. The molecule has 0 saturated carbocycles. The largest absolute Gasteiger partial charge is 0.316 e. The van der Waals surface area contributed by atoms with Gasteiger partial charge in [-0.05, 0) is 63.5 Å². The van der Waals surface area contributed by atoms with E-state index in [1.54, 1.807) is 16.8 Å². The van der Waals surface area contributed by atoms with Gasteiger partial charge in [0, 0.05) is 33.5 Å². The molecule has 0 aliphatic carbocycles. The molecule has 0 radical (unpaired) electrons. The van der Waals surface area contributed by atoms with Crippen LogP contribution in [0.1, 0.15) is 11.1 Å². The number of nitrogens with one attached hydrogen (secondary N) is 2. The lowest BCUT2D eigenvalue weighted by Crippen LogP contribution is -2.20. The second-order valence-electron chi connectivity index (χ2n) is 6.86. The minimum absolute atomic E-state index is 0.372. The van der Waals surface area contributed by atoms with Gasteiger partial charge >= 0.3 is 0 Å². The number of hydrogen-bond donors (Lipinski definition) is 2. The number of benzene rings is 2. The third-order valence-corrected chi connectivity index (χ3v) is 6.06. The second kappa shape index (κ2) is 10.2. The SMILES string of the molecule is S=C(Nc1ccn(Cc2ccc(Cl)cc2)n1)Nc1nn(Cc2ccc(Cl)cc2Cl)cc1Br. The molecule has 164 valence electrons. The van der Waals surface area contributed by atoms with Crippen molar-refractivity contribution in [3.63, 3.8) is 0 Å². The van der Waals surface area contributed by atoms with Crippen LogP contribution in [0.2, 0.25) is 15.1 Å². The maximum absolute atomic E-state index is 6.26. The highest BCUT2D eigenvalue weighted by molar-refractivity contribution is 9.10. The first-order valence-electron chi connectivity index (χ1n) is 9.38. The van der Waals surface area contributed by atoms with Crippen LogP contribution in [0, 0.1) is 0 Å². The highest BCUT2D eigenvalue weighted by atomic mass is 79.9. The number of thiocarbonyl (C=S) groups is 1. The monoisotopic (exact) mass is 568 g/mol. The van der Waals surface area contributed by atoms with Crippen molar-refractivity contribution in [2.45, 2.75) is 13.1 Å². The normalized spacial score (nSPS) is 10.9. The van der Waals surface area contributed by atoms with E-state index in [9.17, 15) is 0 Å². The molecule has 0 aliphatic rings. The molecule has 32 heavy (non-hydrogen) atoms. The van der Waals surface area contributed by atoms with Crippen LogP contribution in [-0.2, 0) is 13.1 Å². The molecule has 2 aromatic heterocycles. The van der Waals surface area contributed by atoms with Gasteiger partial charge in [0.2, 0.25) is 0 Å². The molecule has 2 heterocycles. The first-order valence-corrected chi connectivity index (χ1v) is 11.7. The molecule has 2 N–H and O–H groups in total. The first-order chi connectivity index (χ1) is 15.4. The minimum Gasteiger partial charge on any atom is -0.316 e. The van der Waals surface area contributed by atoms with E-state index in [0.29, 0.717) is 44.9 Å². The molecule has 4 aromatic rings. The van der Waals surface area contributed by atoms with Crippen LogP contribution in [0.25, 0.3) is 0 Å². The Balaban J connectivity index is 1.36. The first kappa shape index (κ1) is 23.1. The fourth-order valence-corrected chi connectivity index (χ4v) is 4.15. The van der Waals surface area contributed by atoms with Crippen LogP contribution >= 0.6 is 63.0 Å². The van der Waals surface area contributed by atoms with Crippen LogP contribution in [0.4, 0.5) is 11.6 Å². The minimum atomic E-state index is 0.372. The Morgan fingerprint density at radius 2 is 1.66 bits per heavy atom. The number of rotatable bonds is 6. The van der Waals surface area contributed by atoms with Crippen molar-refractivity contribution < 1.29 is 0 Å². The Kier molecular flexibility index (Phi) is 7.37. The molecule has 0 unspecified atom stereocenters. The van der Waals surface area contributed by atoms with Gasteiger partial charge in [0.15, 0.2) is 16.7 Å². The molecule has 2 aromatic carbocycles. The molecular formula is C21H16BrCl3N6S. The van der Waals surface area contributed by atoms with Gasteiger partial charge in [-0.2, -0.15) is 10.2 Å². The maximum atomic E-state index is 6.26. The number of halogens is 4. The van der Waals surface area contributed by atoms with Crippen molar-refractivity contribution in [3.8, 4) is 0 Å². The van der Waals surface area contributed by atoms with E-state index in [-0.39, 0.29) is 0 Å². The van der Waals surface area contributed by atoms with E-state index in [0.717, 1.165) is 15.6 Å². The van der Waals surface area contributed by atoms with Gasteiger partial charge in [0.05, 0.1) is 17.6 Å². The lowest BCUT2D eigenvalue weighted by Gasteiger charge is -2.07. The smallest absolute Gasteiger partial charge is 0.177 e. The van der Waals surface area contributed by atoms with Crippen molar-refractivity contribution in [1.82, 2.24) is 19.6 Å². The van der Waals surface area contributed by atoms with Gasteiger partial charge in [-0.3, -0.25) is 9.36 Å². The van der Waals surface area contributed by atoms with Gasteiger partial charge in [0.1, 0.15) is 0 Å². The van der Waals surface area contributed by atoms with E-state index in [2.05, 4.69) is 36.8 Å². The third kappa shape index (κ3) is 6.02. The number of hydrogen-bond acceptors (Lipinski definition) is 3. The summed E-state index contributed by atoms with van der Waals surface area (Å²) in [6, 6.07) is 14.9. The molecule has 0 bridgehead atoms. The molecule has 0 fully saturated rings. The summed E-state index contributed by atoms with van der Waals surface area (Å²) >= 11 is 27.1. The summed E-state index contributed by atoms with van der Waals surface area (Å²) in [4.78, 5) is 0. The highest BCUT2D eigenvalue weighted by Gasteiger charge is 2.11. The van der Waals surface area contributed by atoms with E-state index in [4.69, 9.17) is 47.0 Å². The van der Waals surface area contributed by atoms with Gasteiger partial charge < -0.3 is 10.6 Å². The quantitative estimate of drug-likeness (QED) is 0.253. The van der Waals surface area contributed by atoms with Gasteiger partial charge in [-0.15, -0.1) is 0 Å². The van der Waals surface area contributed by atoms with Crippen LogP contribution in [0.5, 0.6) is 0 Å². The van der Waals surface area contributed by atoms with Crippen molar-refractivity contribution in [2.24, 2.45) is 0 Å². The summed E-state index contributed by atoms with van der Waals surface area (Å²) in [6.45, 7) is 1.12. The molecule has 0 saturated heterocycles. The Bertz CT molecular complexity index is 1250. The van der Waals surface area contributed by atoms with Crippen LogP contribution in [-0.4, -0.2) is 24.7 Å². The van der Waals surface area contributed by atoms with Crippen molar-refractivity contribution in [1.29, 1.82) is 0 Å². The van der Waals surface area contributed by atoms with E-state index in [1.165, 1.54) is 0 Å². The topological polar surface area (TPSA) is 59.7 Å². The molecule has 4 rings (SSSR count). The van der Waals surface area contributed by atoms with Crippen LogP contribution in [0.15, 0.2) is 65.4 Å². The Morgan fingerprint density at radius 1 is 0.906 bits per heavy atom. The van der Waals surface area contributed by atoms with Crippen molar-refractivity contribution in [3.05, 3.63) is 91.6 Å². The van der Waals surface area contributed by atoms with Gasteiger partial charge in [-0.1, -0.05) is 53.0 Å². The fourth-order valence-electron chi connectivity index (χ4n) is 2.94. The molecule has 0 aliphatic heterocycles. The van der Waals surface area contributed by atoms with E-state index < -0.39 is 0 Å². The molecule has 0 spiro atoms. The average molecular weight is 571 g/mol. The second-order valence-corrected chi connectivity index (χ2v) is 9.41. The van der Waals surface area contributed by atoms with Crippen LogP contribution < -0.4 is 10.6 Å². The van der Waals surface area contributed by atoms with E-state index in [1.807, 2.05) is 53.5 Å². The summed E-state index contributed by atoms with van der Waals surface area (Å²) in [5, 5.41) is 17.4. The van der Waals surface area contributed by atoms with Crippen molar-refractivity contribution in [2.75, 3.05) is 10.6 Å². The molecule has 11 heteroatoms. The third-order valence-electron chi connectivity index (χ3n) is 4.44. The highest BCUT2D eigenvalue weighted by Crippen LogP contribution is 2.24. The fraction of sp³-hybridized carbons (Fsp3) is 0.0952. The zero-order valence-corrected chi connectivity index (χ0v) is 21.1. The van der Waals surface area contributed by atoms with Gasteiger partial charge in [-0.25, -0.2) is 0 Å². The molecular weight excluding hydrogens is 555 g/mol. The van der Waals surface area contributed by atoms with E-state index >= 15 is 0 Å². The lowest BCUT2D eigenvalue weighted by molar-refractivity contribution is 0.689. The zero-order chi connectivity index (χ0) is 22.7. The summed E-state index contributed by atoms with van der Waals surface area (Å²) in [5.74, 6) is 1.20. The predicted octanol–water partition coefficient (Wildman–Crippen LogP) is 6.71. The van der Waals surface area contributed by atoms with Crippen molar-refractivity contribution >= 4 is 79.7 Å².